The van der Waals surface area contributed by atoms with Gasteiger partial charge >= 0.3 is 0 Å². The second kappa shape index (κ2) is 6.61. The molecule has 1 saturated heterocycles. The SMILES string of the molecule is CN1CCCCC1CNCC1CCCCC1. The van der Waals surface area contributed by atoms with E-state index < -0.39 is 0 Å². The third kappa shape index (κ3) is 3.74. The minimum atomic E-state index is 0.803. The van der Waals surface area contributed by atoms with E-state index in [1.165, 1.54) is 71.0 Å². The average molecular weight is 224 g/mol. The van der Waals surface area contributed by atoms with Crippen molar-refractivity contribution in [2.75, 3.05) is 26.7 Å². The van der Waals surface area contributed by atoms with Crippen molar-refractivity contribution >= 4 is 0 Å². The number of hydrogen-bond donors (Lipinski definition) is 1. The number of rotatable bonds is 4. The number of hydrogen-bond acceptors (Lipinski definition) is 2. The highest BCUT2D eigenvalue weighted by molar-refractivity contribution is 4.77. The Hall–Kier alpha value is -0.0800. The molecule has 0 aromatic heterocycles. The van der Waals surface area contributed by atoms with Crippen molar-refractivity contribution in [2.24, 2.45) is 5.92 Å². The lowest BCUT2D eigenvalue weighted by Crippen LogP contribution is -2.44. The van der Waals surface area contributed by atoms with Crippen molar-refractivity contribution in [3.05, 3.63) is 0 Å². The third-order valence-corrected chi connectivity index (χ3v) is 4.46. The zero-order valence-corrected chi connectivity index (χ0v) is 10.9. The standard InChI is InChI=1S/C14H28N2/c1-16-10-6-5-9-14(16)12-15-11-13-7-3-2-4-8-13/h13-15H,2-12H2,1H3. The van der Waals surface area contributed by atoms with Gasteiger partial charge in [-0.15, -0.1) is 0 Å². The maximum Gasteiger partial charge on any atom is 0.0217 e. The van der Waals surface area contributed by atoms with Gasteiger partial charge in [-0.2, -0.15) is 0 Å². The first kappa shape index (κ1) is 12.4. The first-order chi connectivity index (χ1) is 7.86. The molecule has 0 amide bonds. The molecule has 1 atom stereocenters. The average Bonchev–Trinajstić information content (AvgIpc) is 2.33. The molecule has 2 nitrogen and oxygen atoms in total. The van der Waals surface area contributed by atoms with Crippen LogP contribution in [0.2, 0.25) is 0 Å². The van der Waals surface area contributed by atoms with Crippen LogP contribution in [0.5, 0.6) is 0 Å². The zero-order chi connectivity index (χ0) is 11.2. The molecule has 2 fully saturated rings. The lowest BCUT2D eigenvalue weighted by molar-refractivity contribution is 0.178. The molecular formula is C14H28N2. The fourth-order valence-electron chi connectivity index (χ4n) is 3.25. The van der Waals surface area contributed by atoms with Gasteiger partial charge in [0.25, 0.3) is 0 Å². The van der Waals surface area contributed by atoms with Crippen LogP contribution in [0.4, 0.5) is 0 Å². The number of likely N-dealkylation sites (N-methyl/N-ethyl adjacent to an activating group) is 1. The Labute approximate surface area is 101 Å². The van der Waals surface area contributed by atoms with Gasteiger partial charge in [0.2, 0.25) is 0 Å². The Kier molecular flexibility index (Phi) is 5.11. The first-order valence-electron chi connectivity index (χ1n) is 7.27. The molecule has 2 aliphatic rings. The van der Waals surface area contributed by atoms with Gasteiger partial charge in [0.15, 0.2) is 0 Å². The molecule has 0 spiro atoms. The maximum absolute atomic E-state index is 3.71. The van der Waals surface area contributed by atoms with Crippen molar-refractivity contribution in [3.8, 4) is 0 Å². The highest BCUT2D eigenvalue weighted by atomic mass is 15.2. The van der Waals surface area contributed by atoms with Crippen molar-refractivity contribution in [3.63, 3.8) is 0 Å². The van der Waals surface area contributed by atoms with Crippen LogP contribution in [0.1, 0.15) is 51.4 Å². The second-order valence-electron chi connectivity index (χ2n) is 5.79. The Bertz CT molecular complexity index is 187. The van der Waals surface area contributed by atoms with E-state index in [2.05, 4.69) is 17.3 Å². The Morgan fingerprint density at radius 3 is 2.44 bits per heavy atom. The molecule has 2 rings (SSSR count). The van der Waals surface area contributed by atoms with Gasteiger partial charge in [0, 0.05) is 12.6 Å². The van der Waals surface area contributed by atoms with Gasteiger partial charge in [-0.3, -0.25) is 0 Å². The summed E-state index contributed by atoms with van der Waals surface area (Å²) in [5.74, 6) is 0.975. The number of likely N-dealkylation sites (tertiary alicyclic amines) is 1. The van der Waals surface area contributed by atoms with Gasteiger partial charge in [-0.1, -0.05) is 25.7 Å². The fourth-order valence-corrected chi connectivity index (χ4v) is 3.25. The molecule has 0 radical (unpaired) electrons. The maximum atomic E-state index is 3.71. The summed E-state index contributed by atoms with van der Waals surface area (Å²) in [5, 5.41) is 3.71. The number of nitrogens with one attached hydrogen (secondary N) is 1. The molecule has 1 saturated carbocycles. The Balaban J connectivity index is 1.59. The monoisotopic (exact) mass is 224 g/mol. The zero-order valence-electron chi connectivity index (χ0n) is 10.9. The molecule has 94 valence electrons. The molecule has 1 aliphatic heterocycles. The van der Waals surface area contributed by atoms with Crippen LogP contribution in [0.3, 0.4) is 0 Å². The number of piperidine rings is 1. The van der Waals surface area contributed by atoms with Crippen LogP contribution < -0.4 is 5.32 Å². The fraction of sp³-hybridized carbons (Fsp3) is 1.00. The summed E-state index contributed by atoms with van der Waals surface area (Å²) in [6.45, 7) is 3.78. The van der Waals surface area contributed by atoms with Gasteiger partial charge < -0.3 is 10.2 Å². The summed E-state index contributed by atoms with van der Waals surface area (Å²) in [7, 11) is 2.28. The van der Waals surface area contributed by atoms with Crippen LogP contribution >= 0.6 is 0 Å². The van der Waals surface area contributed by atoms with E-state index in [-0.39, 0.29) is 0 Å². The van der Waals surface area contributed by atoms with Crippen molar-refractivity contribution < 1.29 is 0 Å². The summed E-state index contributed by atoms with van der Waals surface area (Å²) < 4.78 is 0. The van der Waals surface area contributed by atoms with Gasteiger partial charge in [0.05, 0.1) is 0 Å². The van der Waals surface area contributed by atoms with Crippen LogP contribution in [0.25, 0.3) is 0 Å². The van der Waals surface area contributed by atoms with Crippen molar-refractivity contribution in [1.29, 1.82) is 0 Å². The summed E-state index contributed by atoms with van der Waals surface area (Å²) in [6.07, 6.45) is 11.6. The third-order valence-electron chi connectivity index (χ3n) is 4.46. The summed E-state index contributed by atoms with van der Waals surface area (Å²) in [4.78, 5) is 2.54. The van der Waals surface area contributed by atoms with Gasteiger partial charge in [-0.05, 0) is 51.7 Å². The quantitative estimate of drug-likeness (QED) is 0.790. The molecule has 0 aromatic carbocycles. The summed E-state index contributed by atoms with van der Waals surface area (Å²) in [5.41, 5.74) is 0. The molecule has 0 bridgehead atoms. The van der Waals surface area contributed by atoms with Gasteiger partial charge in [0.1, 0.15) is 0 Å². The second-order valence-corrected chi connectivity index (χ2v) is 5.79. The molecule has 1 unspecified atom stereocenters. The highest BCUT2D eigenvalue weighted by Crippen LogP contribution is 2.23. The molecular weight excluding hydrogens is 196 g/mol. The topological polar surface area (TPSA) is 15.3 Å². The van der Waals surface area contributed by atoms with Crippen LogP contribution in [0.15, 0.2) is 0 Å². The van der Waals surface area contributed by atoms with E-state index in [0.717, 1.165) is 12.0 Å². The molecule has 1 N–H and O–H groups in total. The largest absolute Gasteiger partial charge is 0.315 e. The van der Waals surface area contributed by atoms with Crippen LogP contribution in [0, 0.1) is 5.92 Å². The normalized spacial score (nSPS) is 29.4. The van der Waals surface area contributed by atoms with Crippen LogP contribution in [-0.4, -0.2) is 37.6 Å². The highest BCUT2D eigenvalue weighted by Gasteiger charge is 2.19. The molecule has 1 aliphatic carbocycles. The van der Waals surface area contributed by atoms with E-state index in [0.29, 0.717) is 0 Å². The lowest BCUT2D eigenvalue weighted by Gasteiger charge is -2.33. The van der Waals surface area contributed by atoms with E-state index >= 15 is 0 Å². The van der Waals surface area contributed by atoms with Gasteiger partial charge in [-0.25, -0.2) is 0 Å². The minimum Gasteiger partial charge on any atom is -0.315 e. The van der Waals surface area contributed by atoms with E-state index in [1.807, 2.05) is 0 Å². The molecule has 1 heterocycles. The Morgan fingerprint density at radius 1 is 0.938 bits per heavy atom. The predicted molar refractivity (Wildman–Crippen MR) is 69.7 cm³/mol. The minimum absolute atomic E-state index is 0.803. The van der Waals surface area contributed by atoms with E-state index in [4.69, 9.17) is 0 Å². The lowest BCUT2D eigenvalue weighted by atomic mass is 9.89. The number of nitrogens with zero attached hydrogens (tertiary/aromatic N) is 1. The van der Waals surface area contributed by atoms with E-state index in [9.17, 15) is 0 Å². The summed E-state index contributed by atoms with van der Waals surface area (Å²) >= 11 is 0. The van der Waals surface area contributed by atoms with Crippen molar-refractivity contribution in [2.45, 2.75) is 57.4 Å². The van der Waals surface area contributed by atoms with E-state index in [1.54, 1.807) is 0 Å². The summed E-state index contributed by atoms with van der Waals surface area (Å²) in [6, 6.07) is 0.803. The predicted octanol–water partition coefficient (Wildman–Crippen LogP) is 2.64. The smallest absolute Gasteiger partial charge is 0.0217 e. The first-order valence-corrected chi connectivity index (χ1v) is 7.27. The Morgan fingerprint density at radius 2 is 1.69 bits per heavy atom. The van der Waals surface area contributed by atoms with Crippen LogP contribution in [-0.2, 0) is 0 Å². The molecule has 0 aromatic rings. The molecule has 2 heteroatoms. The van der Waals surface area contributed by atoms with Crippen molar-refractivity contribution in [1.82, 2.24) is 10.2 Å². The molecule has 16 heavy (non-hydrogen) atoms.